The number of hydrogen-bond acceptors (Lipinski definition) is 6. The van der Waals surface area contributed by atoms with Crippen molar-refractivity contribution in [1.29, 1.82) is 0 Å². The second kappa shape index (κ2) is 46.9. The lowest BCUT2D eigenvalue weighted by Gasteiger charge is -2.18. The van der Waals surface area contributed by atoms with Gasteiger partial charge in [-0.05, 0) is 31.1 Å². The average molecular weight is 849 g/mol. The molecule has 356 valence electrons. The van der Waals surface area contributed by atoms with Crippen LogP contribution in [0.15, 0.2) is 0 Å². The molecule has 0 spiro atoms. The zero-order chi connectivity index (χ0) is 44.0. The van der Waals surface area contributed by atoms with Crippen LogP contribution in [0.5, 0.6) is 0 Å². The minimum absolute atomic E-state index is 0.0642. The van der Waals surface area contributed by atoms with Crippen LogP contribution in [0.1, 0.15) is 298 Å². The second-order valence-electron chi connectivity index (χ2n) is 19.5. The van der Waals surface area contributed by atoms with Gasteiger partial charge >= 0.3 is 17.9 Å². The Labute approximate surface area is 374 Å². The van der Waals surface area contributed by atoms with E-state index < -0.39 is 6.10 Å². The number of ether oxygens (including phenoxy) is 3. The van der Waals surface area contributed by atoms with E-state index in [2.05, 4.69) is 34.6 Å². The van der Waals surface area contributed by atoms with Gasteiger partial charge in [0.15, 0.2) is 6.10 Å². The summed E-state index contributed by atoms with van der Waals surface area (Å²) >= 11 is 0. The van der Waals surface area contributed by atoms with Crippen molar-refractivity contribution in [1.82, 2.24) is 0 Å². The van der Waals surface area contributed by atoms with Crippen LogP contribution in [0.3, 0.4) is 0 Å². The van der Waals surface area contributed by atoms with E-state index in [4.69, 9.17) is 14.2 Å². The van der Waals surface area contributed by atoms with Gasteiger partial charge in [0.25, 0.3) is 0 Å². The molecule has 0 rings (SSSR count). The van der Waals surface area contributed by atoms with Crippen molar-refractivity contribution in [2.45, 2.75) is 304 Å². The summed E-state index contributed by atoms with van der Waals surface area (Å²) in [5, 5.41) is 0. The lowest BCUT2D eigenvalue weighted by molar-refractivity contribution is -0.167. The molecule has 0 aromatic rings. The molecule has 0 aliphatic carbocycles. The summed E-state index contributed by atoms with van der Waals surface area (Å²) in [4.78, 5) is 37.9. The van der Waals surface area contributed by atoms with E-state index in [1.165, 1.54) is 186 Å². The molecule has 0 aromatic carbocycles. The monoisotopic (exact) mass is 849 g/mol. The molecule has 0 unspecified atom stereocenters. The summed E-state index contributed by atoms with van der Waals surface area (Å²) in [6.07, 6.45) is 48.2. The fourth-order valence-electron chi connectivity index (χ4n) is 8.17. The Kier molecular flexibility index (Phi) is 45.7. The van der Waals surface area contributed by atoms with Crippen molar-refractivity contribution in [2.75, 3.05) is 13.2 Å². The minimum atomic E-state index is -0.762. The Morgan fingerprint density at radius 3 is 0.817 bits per heavy atom. The standard InChI is InChI=1S/C54H104O6/c1-6-7-8-9-10-11-12-13-14-15-20-23-26-29-36-41-46-54(57)60-51(48-59-53(56)45-40-35-31-30-33-38-43-50(4)5)47-58-52(55)44-39-34-28-25-22-19-17-16-18-21-24-27-32-37-42-49(2)3/h49-51H,6-48H2,1-5H3/t51-/m0/s1. The summed E-state index contributed by atoms with van der Waals surface area (Å²) in [5.41, 5.74) is 0. The van der Waals surface area contributed by atoms with E-state index in [-0.39, 0.29) is 31.1 Å². The molecule has 0 radical (unpaired) electrons. The lowest BCUT2D eigenvalue weighted by Crippen LogP contribution is -2.30. The molecule has 6 heteroatoms. The molecule has 60 heavy (non-hydrogen) atoms. The normalized spacial score (nSPS) is 12.1. The predicted octanol–water partition coefficient (Wildman–Crippen LogP) is 17.3. The summed E-state index contributed by atoms with van der Waals surface area (Å²) in [7, 11) is 0. The van der Waals surface area contributed by atoms with Crippen molar-refractivity contribution in [3.8, 4) is 0 Å². The van der Waals surface area contributed by atoms with E-state index in [0.717, 1.165) is 69.6 Å². The maximum absolute atomic E-state index is 12.8. The van der Waals surface area contributed by atoms with Gasteiger partial charge in [0, 0.05) is 19.3 Å². The Balaban J connectivity index is 4.25. The van der Waals surface area contributed by atoms with E-state index in [1.54, 1.807) is 0 Å². The third-order valence-electron chi connectivity index (χ3n) is 12.2. The second-order valence-corrected chi connectivity index (χ2v) is 19.5. The number of unbranched alkanes of at least 4 members (excludes halogenated alkanes) is 33. The van der Waals surface area contributed by atoms with Gasteiger partial charge < -0.3 is 14.2 Å². The molecule has 0 bridgehead atoms. The van der Waals surface area contributed by atoms with Gasteiger partial charge in [-0.1, -0.05) is 259 Å². The molecule has 1 atom stereocenters. The number of esters is 3. The van der Waals surface area contributed by atoms with Crippen molar-refractivity contribution in [2.24, 2.45) is 11.8 Å². The molecule has 0 aromatic heterocycles. The molecule has 0 saturated heterocycles. The van der Waals surface area contributed by atoms with Crippen molar-refractivity contribution in [3.63, 3.8) is 0 Å². The summed E-state index contributed by atoms with van der Waals surface area (Å²) in [6, 6.07) is 0. The molecule has 0 aliphatic rings. The zero-order valence-corrected chi connectivity index (χ0v) is 41.1. The molecule has 0 saturated carbocycles. The van der Waals surface area contributed by atoms with Crippen LogP contribution < -0.4 is 0 Å². The average Bonchev–Trinajstić information content (AvgIpc) is 3.22. The first-order valence-corrected chi connectivity index (χ1v) is 26.7. The Morgan fingerprint density at radius 2 is 0.550 bits per heavy atom. The Bertz CT molecular complexity index is 916. The van der Waals surface area contributed by atoms with Gasteiger partial charge in [-0.3, -0.25) is 14.4 Å². The van der Waals surface area contributed by atoms with E-state index >= 15 is 0 Å². The first-order valence-electron chi connectivity index (χ1n) is 26.7. The third-order valence-corrected chi connectivity index (χ3v) is 12.2. The zero-order valence-electron chi connectivity index (χ0n) is 41.1. The van der Waals surface area contributed by atoms with Crippen LogP contribution in [0.2, 0.25) is 0 Å². The topological polar surface area (TPSA) is 78.9 Å². The quantitative estimate of drug-likeness (QED) is 0.0345. The van der Waals surface area contributed by atoms with Gasteiger partial charge in [0.1, 0.15) is 13.2 Å². The Morgan fingerprint density at radius 1 is 0.317 bits per heavy atom. The van der Waals surface area contributed by atoms with E-state index in [0.29, 0.717) is 19.3 Å². The van der Waals surface area contributed by atoms with Crippen LogP contribution in [0.4, 0.5) is 0 Å². The highest BCUT2D eigenvalue weighted by molar-refractivity contribution is 5.71. The maximum atomic E-state index is 12.8. The number of hydrogen-bond donors (Lipinski definition) is 0. The van der Waals surface area contributed by atoms with E-state index in [1.807, 2.05) is 0 Å². The fourth-order valence-corrected chi connectivity index (χ4v) is 8.17. The summed E-state index contributed by atoms with van der Waals surface area (Å²) < 4.78 is 16.8. The summed E-state index contributed by atoms with van der Waals surface area (Å²) in [6.45, 7) is 11.3. The molecule has 6 nitrogen and oxygen atoms in total. The Hall–Kier alpha value is -1.59. The van der Waals surface area contributed by atoms with Gasteiger partial charge in [0.2, 0.25) is 0 Å². The largest absolute Gasteiger partial charge is 0.462 e. The van der Waals surface area contributed by atoms with Gasteiger partial charge in [-0.2, -0.15) is 0 Å². The van der Waals surface area contributed by atoms with Crippen LogP contribution in [0, 0.1) is 11.8 Å². The summed E-state index contributed by atoms with van der Waals surface area (Å²) in [5.74, 6) is 0.758. The molecule has 0 aliphatic heterocycles. The van der Waals surface area contributed by atoms with Crippen molar-refractivity contribution < 1.29 is 28.6 Å². The maximum Gasteiger partial charge on any atom is 0.306 e. The first kappa shape index (κ1) is 58.4. The minimum Gasteiger partial charge on any atom is -0.462 e. The lowest BCUT2D eigenvalue weighted by atomic mass is 10.0. The van der Waals surface area contributed by atoms with Crippen LogP contribution >= 0.6 is 0 Å². The molecule has 0 N–H and O–H groups in total. The third kappa shape index (κ3) is 47.5. The van der Waals surface area contributed by atoms with Gasteiger partial charge in [-0.15, -0.1) is 0 Å². The predicted molar refractivity (Wildman–Crippen MR) is 256 cm³/mol. The number of carbonyl (C=O) groups is 3. The number of carbonyl (C=O) groups excluding carboxylic acids is 3. The highest BCUT2D eigenvalue weighted by Gasteiger charge is 2.19. The SMILES string of the molecule is CCCCCCCCCCCCCCCCCCC(=O)O[C@@H](COC(=O)CCCCCCCCCCCCCCCCC(C)C)COC(=O)CCCCCCCCC(C)C. The van der Waals surface area contributed by atoms with Crippen molar-refractivity contribution in [3.05, 3.63) is 0 Å². The fraction of sp³-hybridized carbons (Fsp3) is 0.944. The molecule has 0 fully saturated rings. The first-order chi connectivity index (χ1) is 29.2. The van der Waals surface area contributed by atoms with Crippen LogP contribution in [-0.4, -0.2) is 37.2 Å². The van der Waals surface area contributed by atoms with Crippen molar-refractivity contribution >= 4 is 17.9 Å². The van der Waals surface area contributed by atoms with Crippen LogP contribution in [-0.2, 0) is 28.6 Å². The molecular formula is C54H104O6. The molecule has 0 amide bonds. The molecule has 0 heterocycles. The molecular weight excluding hydrogens is 745 g/mol. The number of rotatable bonds is 48. The van der Waals surface area contributed by atoms with Gasteiger partial charge in [-0.25, -0.2) is 0 Å². The smallest absolute Gasteiger partial charge is 0.306 e. The van der Waals surface area contributed by atoms with E-state index in [9.17, 15) is 14.4 Å². The van der Waals surface area contributed by atoms with Gasteiger partial charge in [0.05, 0.1) is 0 Å². The van der Waals surface area contributed by atoms with Crippen LogP contribution in [0.25, 0.3) is 0 Å². The highest BCUT2D eigenvalue weighted by atomic mass is 16.6. The highest BCUT2D eigenvalue weighted by Crippen LogP contribution is 2.18.